The number of nitrogens with zero attached hydrogens (tertiary/aromatic N) is 2. The lowest BCUT2D eigenvalue weighted by Crippen LogP contribution is -2.31. The van der Waals surface area contributed by atoms with Crippen LogP contribution in [-0.2, 0) is 11.8 Å². The maximum atomic E-state index is 13.7. The molecule has 1 aromatic heterocycles. The molecule has 2 aromatic rings. The number of hydrogen-bond donors (Lipinski definition) is 2. The molecule has 0 aliphatic rings. The highest BCUT2D eigenvalue weighted by Crippen LogP contribution is 2.23. The number of benzene rings is 1. The van der Waals surface area contributed by atoms with Crippen LogP contribution in [0.1, 0.15) is 37.7 Å². The first-order valence-electron chi connectivity index (χ1n) is 8.11. The van der Waals surface area contributed by atoms with Crippen molar-refractivity contribution >= 4 is 23.3 Å². The number of anilines is 1. The van der Waals surface area contributed by atoms with E-state index in [-0.39, 0.29) is 23.5 Å². The zero-order valence-corrected chi connectivity index (χ0v) is 15.4. The average Bonchev–Trinajstić information content (AvgIpc) is 2.84. The van der Waals surface area contributed by atoms with Crippen molar-refractivity contribution in [2.75, 3.05) is 11.9 Å². The first-order valence-corrected chi connectivity index (χ1v) is 8.11. The van der Waals surface area contributed by atoms with Crippen LogP contribution < -0.4 is 10.6 Å². The van der Waals surface area contributed by atoms with E-state index in [2.05, 4.69) is 10.6 Å². The predicted octanol–water partition coefficient (Wildman–Crippen LogP) is 2.16. The van der Waals surface area contributed by atoms with E-state index in [0.29, 0.717) is 16.8 Å². The number of Topliss-reactive ketones (excluding diaryl/α,β-unsaturated/α-hetero) is 1. The SMILES string of the molecule is Cc1ccc(NC(=O)c2c(C)c(C(=O)C(=O)NCC#N)c(C)n2C)cc1F. The van der Waals surface area contributed by atoms with Crippen LogP contribution in [0.25, 0.3) is 0 Å². The number of aromatic nitrogens is 1. The summed E-state index contributed by atoms with van der Waals surface area (Å²) < 4.78 is 15.2. The normalized spacial score (nSPS) is 10.2. The van der Waals surface area contributed by atoms with Crippen molar-refractivity contribution in [3.05, 3.63) is 52.1 Å². The Balaban J connectivity index is 2.36. The van der Waals surface area contributed by atoms with Gasteiger partial charge in [-0.3, -0.25) is 14.4 Å². The number of carbonyl (C=O) groups is 3. The molecule has 2 N–H and O–H groups in total. The molecule has 0 saturated carbocycles. The van der Waals surface area contributed by atoms with Crippen molar-refractivity contribution in [3.63, 3.8) is 0 Å². The minimum absolute atomic E-state index is 0.105. The van der Waals surface area contributed by atoms with Crippen molar-refractivity contribution < 1.29 is 18.8 Å². The Morgan fingerprint density at radius 1 is 1.22 bits per heavy atom. The lowest BCUT2D eigenvalue weighted by molar-refractivity contribution is -0.116. The summed E-state index contributed by atoms with van der Waals surface area (Å²) in [7, 11) is 1.59. The van der Waals surface area contributed by atoms with Gasteiger partial charge in [0.2, 0.25) is 0 Å². The highest BCUT2D eigenvalue weighted by Gasteiger charge is 2.28. The van der Waals surface area contributed by atoms with Crippen molar-refractivity contribution in [2.45, 2.75) is 20.8 Å². The zero-order valence-electron chi connectivity index (χ0n) is 15.4. The molecule has 2 rings (SSSR count). The van der Waals surface area contributed by atoms with Crippen molar-refractivity contribution in [1.82, 2.24) is 9.88 Å². The number of nitrogens with one attached hydrogen (secondary N) is 2. The summed E-state index contributed by atoms with van der Waals surface area (Å²) in [5, 5.41) is 13.3. The predicted molar refractivity (Wildman–Crippen MR) is 96.9 cm³/mol. The number of amides is 2. The lowest BCUT2D eigenvalue weighted by Gasteiger charge is -2.09. The van der Waals surface area contributed by atoms with Gasteiger partial charge in [0, 0.05) is 18.4 Å². The molecule has 0 aliphatic carbocycles. The van der Waals surface area contributed by atoms with Gasteiger partial charge in [-0.05, 0) is 44.0 Å². The van der Waals surface area contributed by atoms with E-state index in [1.807, 2.05) is 0 Å². The van der Waals surface area contributed by atoms with Gasteiger partial charge < -0.3 is 15.2 Å². The van der Waals surface area contributed by atoms with Crippen LogP contribution in [0, 0.1) is 37.9 Å². The topological polar surface area (TPSA) is 104 Å². The molecule has 7 nitrogen and oxygen atoms in total. The molecule has 140 valence electrons. The van der Waals surface area contributed by atoms with E-state index in [9.17, 15) is 18.8 Å². The summed E-state index contributed by atoms with van der Waals surface area (Å²) in [4.78, 5) is 37.0. The molecule has 1 aromatic carbocycles. The Kier molecular flexibility index (Phi) is 5.75. The van der Waals surface area contributed by atoms with E-state index in [0.717, 1.165) is 0 Å². The van der Waals surface area contributed by atoms with Crippen molar-refractivity contribution in [3.8, 4) is 6.07 Å². The number of hydrogen-bond acceptors (Lipinski definition) is 4. The smallest absolute Gasteiger partial charge is 0.293 e. The quantitative estimate of drug-likeness (QED) is 0.478. The van der Waals surface area contributed by atoms with Crippen LogP contribution in [-0.4, -0.2) is 28.7 Å². The largest absolute Gasteiger partial charge is 0.343 e. The summed E-state index contributed by atoms with van der Waals surface area (Å²) in [5.41, 5.74) is 1.79. The first kappa shape index (κ1) is 19.8. The molecule has 27 heavy (non-hydrogen) atoms. The highest BCUT2D eigenvalue weighted by atomic mass is 19.1. The number of rotatable bonds is 5. The van der Waals surface area contributed by atoms with Crippen molar-refractivity contribution in [2.24, 2.45) is 7.05 Å². The van der Waals surface area contributed by atoms with E-state index in [1.54, 1.807) is 46.0 Å². The minimum atomic E-state index is -0.916. The van der Waals surface area contributed by atoms with Gasteiger partial charge in [-0.25, -0.2) is 4.39 Å². The number of halogens is 1. The molecule has 8 heteroatoms. The summed E-state index contributed by atoms with van der Waals surface area (Å²) in [6.45, 7) is 4.49. The fourth-order valence-corrected chi connectivity index (χ4v) is 2.81. The molecule has 0 unspecified atom stereocenters. The Morgan fingerprint density at radius 2 is 1.89 bits per heavy atom. The summed E-state index contributed by atoms with van der Waals surface area (Å²) in [5.74, 6) is -2.72. The maximum absolute atomic E-state index is 13.7. The van der Waals surface area contributed by atoms with Gasteiger partial charge in [-0.1, -0.05) is 6.07 Å². The number of nitriles is 1. The molecular weight excluding hydrogens is 351 g/mol. The molecule has 0 aliphatic heterocycles. The van der Waals surface area contributed by atoms with Gasteiger partial charge in [0.25, 0.3) is 17.6 Å². The van der Waals surface area contributed by atoms with E-state index in [1.165, 1.54) is 10.6 Å². The monoisotopic (exact) mass is 370 g/mol. The molecule has 2 amide bonds. The van der Waals surface area contributed by atoms with Gasteiger partial charge >= 0.3 is 0 Å². The summed E-state index contributed by atoms with van der Waals surface area (Å²) in [6.07, 6.45) is 0. The average molecular weight is 370 g/mol. The van der Waals surface area contributed by atoms with Gasteiger partial charge in [-0.15, -0.1) is 0 Å². The molecule has 0 spiro atoms. The van der Waals surface area contributed by atoms with Gasteiger partial charge in [0.1, 0.15) is 18.1 Å². The molecule has 0 saturated heterocycles. The zero-order chi connectivity index (χ0) is 20.3. The Bertz CT molecular complexity index is 986. The third-order valence-electron chi connectivity index (χ3n) is 4.34. The molecule has 0 atom stereocenters. The maximum Gasteiger partial charge on any atom is 0.293 e. The Morgan fingerprint density at radius 3 is 2.48 bits per heavy atom. The van der Waals surface area contributed by atoms with Crippen LogP contribution in [0.15, 0.2) is 18.2 Å². The fraction of sp³-hybridized carbons (Fsp3) is 0.263. The molecule has 1 heterocycles. The van der Waals surface area contributed by atoms with Gasteiger partial charge in [-0.2, -0.15) is 5.26 Å². The number of carbonyl (C=O) groups excluding carboxylic acids is 3. The molecule has 0 radical (unpaired) electrons. The molecule has 0 bridgehead atoms. The second-order valence-electron chi connectivity index (χ2n) is 6.08. The number of ketones is 1. The third-order valence-corrected chi connectivity index (χ3v) is 4.34. The second kappa shape index (κ2) is 7.83. The van der Waals surface area contributed by atoms with E-state index < -0.39 is 23.4 Å². The highest BCUT2D eigenvalue weighted by molar-refractivity contribution is 6.43. The second-order valence-corrected chi connectivity index (χ2v) is 6.08. The van der Waals surface area contributed by atoms with Gasteiger partial charge in [0.05, 0.1) is 11.6 Å². The third kappa shape index (κ3) is 3.87. The van der Waals surface area contributed by atoms with Crippen LogP contribution in [0.5, 0.6) is 0 Å². The Hall–Kier alpha value is -3.47. The van der Waals surface area contributed by atoms with Crippen LogP contribution in [0.4, 0.5) is 10.1 Å². The minimum Gasteiger partial charge on any atom is -0.343 e. The van der Waals surface area contributed by atoms with Crippen molar-refractivity contribution in [1.29, 1.82) is 5.26 Å². The van der Waals surface area contributed by atoms with Gasteiger partial charge in [0.15, 0.2) is 0 Å². The lowest BCUT2D eigenvalue weighted by atomic mass is 10.0. The number of aryl methyl sites for hydroxylation is 1. The Labute approximate surface area is 155 Å². The van der Waals surface area contributed by atoms with E-state index in [4.69, 9.17) is 5.26 Å². The van der Waals surface area contributed by atoms with E-state index >= 15 is 0 Å². The van der Waals surface area contributed by atoms with Crippen LogP contribution in [0.2, 0.25) is 0 Å². The summed E-state index contributed by atoms with van der Waals surface area (Å²) >= 11 is 0. The first-order chi connectivity index (χ1) is 12.7. The standard InChI is InChI=1S/C19H19FN4O3/c1-10-5-6-13(9-14(10)20)23-18(26)16-11(2)15(12(3)24(16)4)17(25)19(27)22-8-7-21/h5-6,9H,8H2,1-4H3,(H,22,27)(H,23,26). The summed E-state index contributed by atoms with van der Waals surface area (Å²) in [6, 6.07) is 6.05. The van der Waals surface area contributed by atoms with Crippen LogP contribution in [0.3, 0.4) is 0 Å². The molecular formula is C19H19FN4O3. The van der Waals surface area contributed by atoms with Crippen LogP contribution >= 0.6 is 0 Å². The molecule has 0 fully saturated rings. The fourth-order valence-electron chi connectivity index (χ4n) is 2.81.